The summed E-state index contributed by atoms with van der Waals surface area (Å²) in [5, 5.41) is 9.73. The molecule has 7 nitrogen and oxygen atoms in total. The van der Waals surface area contributed by atoms with Gasteiger partial charge in [0.05, 0.1) is 5.41 Å². The smallest absolute Gasteiger partial charge is 0.249 e. The lowest BCUT2D eigenvalue weighted by Crippen LogP contribution is -2.34. The monoisotopic (exact) mass is 377 g/mol. The molecule has 0 fully saturated rings. The van der Waals surface area contributed by atoms with E-state index in [2.05, 4.69) is 20.7 Å². The number of amides is 2. The number of anilines is 2. The molecule has 1 atom stereocenters. The molecule has 2 aromatic carbocycles. The number of aromatic nitrogens is 3. The van der Waals surface area contributed by atoms with Gasteiger partial charge in [0.1, 0.15) is 18.7 Å². The fraction of sp³-hybridized carbons (Fsp3) is 0.238. The van der Waals surface area contributed by atoms with Crippen molar-refractivity contribution in [3.8, 4) is 0 Å². The molecular formula is C21H23N5O2. The zero-order chi connectivity index (χ0) is 20.1. The Morgan fingerprint density at radius 1 is 0.964 bits per heavy atom. The minimum absolute atomic E-state index is 0.102. The lowest BCUT2D eigenvalue weighted by Gasteiger charge is -2.24. The topological polar surface area (TPSA) is 88.9 Å². The predicted molar refractivity (Wildman–Crippen MR) is 108 cm³/mol. The molecule has 0 radical (unpaired) electrons. The summed E-state index contributed by atoms with van der Waals surface area (Å²) in [5.74, 6) is -0.303. The summed E-state index contributed by atoms with van der Waals surface area (Å²) in [6.07, 6.45) is 2.88. The number of carbonyl (C=O) groups is 2. The Morgan fingerprint density at radius 3 is 2.14 bits per heavy atom. The highest BCUT2D eigenvalue weighted by Crippen LogP contribution is 2.25. The standard InChI is InChI=1S/C21H23N5O2/c1-15(26-14-22-13-23-26)19(27)24-17-9-11-18(12-10-17)25-20(28)21(2,3)16-7-5-4-6-8-16/h4-15H,1-3H3,(H,24,27)(H,25,28). The van der Waals surface area contributed by atoms with E-state index in [-0.39, 0.29) is 11.8 Å². The molecule has 0 bridgehead atoms. The second kappa shape index (κ2) is 8.04. The van der Waals surface area contributed by atoms with Gasteiger partial charge in [0.25, 0.3) is 0 Å². The summed E-state index contributed by atoms with van der Waals surface area (Å²) < 4.78 is 1.48. The van der Waals surface area contributed by atoms with E-state index in [4.69, 9.17) is 0 Å². The minimum atomic E-state index is -0.665. The van der Waals surface area contributed by atoms with Crippen LogP contribution in [0.4, 0.5) is 11.4 Å². The first-order valence-corrected chi connectivity index (χ1v) is 9.00. The van der Waals surface area contributed by atoms with E-state index in [1.807, 2.05) is 44.2 Å². The third-order valence-electron chi connectivity index (χ3n) is 4.69. The number of carbonyl (C=O) groups excluding carboxylic acids is 2. The van der Waals surface area contributed by atoms with Crippen LogP contribution >= 0.6 is 0 Å². The van der Waals surface area contributed by atoms with Crippen LogP contribution in [0.15, 0.2) is 67.3 Å². The van der Waals surface area contributed by atoms with Crippen LogP contribution in [0.1, 0.15) is 32.4 Å². The van der Waals surface area contributed by atoms with Gasteiger partial charge in [-0.3, -0.25) is 9.59 Å². The Hall–Kier alpha value is -3.48. The summed E-state index contributed by atoms with van der Waals surface area (Å²) in [4.78, 5) is 28.9. The van der Waals surface area contributed by atoms with Crippen molar-refractivity contribution in [1.29, 1.82) is 0 Å². The van der Waals surface area contributed by atoms with Crippen molar-refractivity contribution in [2.75, 3.05) is 10.6 Å². The average molecular weight is 377 g/mol. The molecule has 0 aliphatic carbocycles. The molecule has 1 aromatic heterocycles. The Balaban J connectivity index is 1.63. The van der Waals surface area contributed by atoms with Crippen LogP contribution in [-0.4, -0.2) is 26.6 Å². The van der Waals surface area contributed by atoms with Gasteiger partial charge in [0.2, 0.25) is 11.8 Å². The molecule has 3 aromatic rings. The first-order chi connectivity index (χ1) is 13.4. The molecule has 0 aliphatic rings. The first-order valence-electron chi connectivity index (χ1n) is 9.00. The van der Waals surface area contributed by atoms with Gasteiger partial charge in [0, 0.05) is 11.4 Å². The van der Waals surface area contributed by atoms with E-state index in [0.717, 1.165) is 5.56 Å². The van der Waals surface area contributed by atoms with Crippen LogP contribution in [0.3, 0.4) is 0 Å². The lowest BCUT2D eigenvalue weighted by molar-refractivity contribution is -0.120. The van der Waals surface area contributed by atoms with Gasteiger partial charge in [-0.25, -0.2) is 9.67 Å². The summed E-state index contributed by atoms with van der Waals surface area (Å²) in [7, 11) is 0. The zero-order valence-corrected chi connectivity index (χ0v) is 16.1. The van der Waals surface area contributed by atoms with E-state index >= 15 is 0 Å². The number of benzene rings is 2. The van der Waals surface area contributed by atoms with Gasteiger partial charge >= 0.3 is 0 Å². The van der Waals surface area contributed by atoms with Gasteiger partial charge in [-0.15, -0.1) is 0 Å². The van der Waals surface area contributed by atoms with Crippen molar-refractivity contribution in [3.63, 3.8) is 0 Å². The van der Waals surface area contributed by atoms with E-state index in [9.17, 15) is 9.59 Å². The van der Waals surface area contributed by atoms with Crippen molar-refractivity contribution in [2.24, 2.45) is 0 Å². The summed E-state index contributed by atoms with van der Waals surface area (Å²) in [6.45, 7) is 5.51. The van der Waals surface area contributed by atoms with Crippen LogP contribution in [0.2, 0.25) is 0 Å². The van der Waals surface area contributed by atoms with Gasteiger partial charge in [-0.2, -0.15) is 5.10 Å². The number of nitrogens with zero attached hydrogens (tertiary/aromatic N) is 3. The normalized spacial score (nSPS) is 12.2. The second-order valence-electron chi connectivity index (χ2n) is 7.06. The molecule has 1 heterocycles. The fourth-order valence-electron chi connectivity index (χ4n) is 2.69. The maximum Gasteiger partial charge on any atom is 0.249 e. The molecule has 2 N–H and O–H groups in total. The van der Waals surface area contributed by atoms with Gasteiger partial charge in [-0.1, -0.05) is 30.3 Å². The van der Waals surface area contributed by atoms with Gasteiger partial charge in [0.15, 0.2) is 0 Å². The number of hydrogen-bond acceptors (Lipinski definition) is 4. The van der Waals surface area contributed by atoms with Gasteiger partial charge < -0.3 is 10.6 Å². The molecule has 3 rings (SSSR count). The average Bonchev–Trinajstić information content (AvgIpc) is 3.24. The first kappa shape index (κ1) is 19.3. The molecule has 2 amide bonds. The molecular weight excluding hydrogens is 354 g/mol. The van der Waals surface area contributed by atoms with Crippen molar-refractivity contribution >= 4 is 23.2 Å². The van der Waals surface area contributed by atoms with E-state index in [1.165, 1.54) is 17.3 Å². The van der Waals surface area contributed by atoms with Crippen molar-refractivity contribution in [2.45, 2.75) is 32.2 Å². The highest BCUT2D eigenvalue weighted by atomic mass is 16.2. The van der Waals surface area contributed by atoms with Gasteiger partial charge in [-0.05, 0) is 50.6 Å². The maximum absolute atomic E-state index is 12.7. The molecule has 28 heavy (non-hydrogen) atoms. The van der Waals surface area contributed by atoms with Crippen molar-refractivity contribution < 1.29 is 9.59 Å². The number of nitrogens with one attached hydrogen (secondary N) is 2. The van der Waals surface area contributed by atoms with E-state index in [1.54, 1.807) is 31.2 Å². The highest BCUT2D eigenvalue weighted by Gasteiger charge is 2.29. The van der Waals surface area contributed by atoms with Crippen molar-refractivity contribution in [3.05, 3.63) is 72.8 Å². The summed E-state index contributed by atoms with van der Waals surface area (Å²) >= 11 is 0. The Morgan fingerprint density at radius 2 is 1.57 bits per heavy atom. The molecule has 1 unspecified atom stereocenters. The summed E-state index contributed by atoms with van der Waals surface area (Å²) in [6, 6.07) is 16.2. The third kappa shape index (κ3) is 4.25. The van der Waals surface area contributed by atoms with Crippen molar-refractivity contribution in [1.82, 2.24) is 14.8 Å². The van der Waals surface area contributed by atoms with Crippen LogP contribution in [0.25, 0.3) is 0 Å². The Bertz CT molecular complexity index is 935. The predicted octanol–water partition coefficient (Wildman–Crippen LogP) is 3.39. The number of hydrogen-bond donors (Lipinski definition) is 2. The molecule has 0 spiro atoms. The second-order valence-corrected chi connectivity index (χ2v) is 7.06. The molecule has 0 aliphatic heterocycles. The van der Waals surface area contributed by atoms with Crippen LogP contribution in [0, 0.1) is 0 Å². The Labute approximate surface area is 163 Å². The fourth-order valence-corrected chi connectivity index (χ4v) is 2.69. The molecule has 0 saturated carbocycles. The number of rotatable bonds is 6. The largest absolute Gasteiger partial charge is 0.325 e. The molecule has 144 valence electrons. The van der Waals surface area contributed by atoms with E-state index in [0.29, 0.717) is 11.4 Å². The molecule has 7 heteroatoms. The Kier molecular flexibility index (Phi) is 5.54. The van der Waals surface area contributed by atoms with Crippen LogP contribution in [0.5, 0.6) is 0 Å². The summed E-state index contributed by atoms with van der Waals surface area (Å²) in [5.41, 5.74) is 1.58. The zero-order valence-electron chi connectivity index (χ0n) is 16.1. The van der Waals surface area contributed by atoms with E-state index < -0.39 is 11.5 Å². The third-order valence-corrected chi connectivity index (χ3v) is 4.69. The van der Waals surface area contributed by atoms with Crippen LogP contribution in [-0.2, 0) is 15.0 Å². The lowest BCUT2D eigenvalue weighted by atomic mass is 9.83. The SMILES string of the molecule is CC(C(=O)Nc1ccc(NC(=O)C(C)(C)c2ccccc2)cc1)n1cncn1. The quantitative estimate of drug-likeness (QED) is 0.689. The minimum Gasteiger partial charge on any atom is -0.325 e. The maximum atomic E-state index is 12.7. The van der Waals surface area contributed by atoms with Crippen LogP contribution < -0.4 is 10.6 Å². The highest BCUT2D eigenvalue weighted by molar-refractivity contribution is 5.99. The molecule has 0 saturated heterocycles.